The summed E-state index contributed by atoms with van der Waals surface area (Å²) in [6, 6.07) is 5.34. The Morgan fingerprint density at radius 3 is 2.58 bits per heavy atom. The highest BCUT2D eigenvalue weighted by Gasteiger charge is 2.34. The van der Waals surface area contributed by atoms with E-state index >= 15 is 0 Å². The molecule has 0 saturated heterocycles. The second kappa shape index (κ2) is 13.5. The Bertz CT molecular complexity index is 1270. The maximum absolute atomic E-state index is 13.6. The lowest BCUT2D eigenvalue weighted by Gasteiger charge is -2.24. The number of methoxy groups -OCH3 is 1. The number of esters is 1. The summed E-state index contributed by atoms with van der Waals surface area (Å²) < 4.78 is 47.4. The van der Waals surface area contributed by atoms with Crippen molar-refractivity contribution in [3.8, 4) is 11.5 Å². The summed E-state index contributed by atoms with van der Waals surface area (Å²) >= 11 is 0. The molecule has 2 N–H and O–H groups in total. The summed E-state index contributed by atoms with van der Waals surface area (Å²) in [6.07, 6.45) is 3.11. The predicted octanol–water partition coefficient (Wildman–Crippen LogP) is 2.07. The Hall–Kier alpha value is -3.22. The van der Waals surface area contributed by atoms with Crippen molar-refractivity contribution in [3.05, 3.63) is 69.0 Å². The van der Waals surface area contributed by atoms with Crippen LogP contribution < -0.4 is 25.6 Å². The standard InChI is InChI=1S/C24H32N3O10P/c1-5-33-12-13-34-18-6-8-19(9-7-18)37-38(31,26-17(3)23(29)32-4)35-15-20-10-11-21(36-20)27-14-16(2)22(28)25-24(27)30/h6-11,14,17,20-21H,5,12-13,15H2,1-4H3,(H,26,31)(H,25,28,30). The van der Waals surface area contributed by atoms with Crippen LogP contribution in [0.1, 0.15) is 25.6 Å². The first-order chi connectivity index (χ1) is 18.1. The number of carbonyl (C=O) groups is 1. The number of rotatable bonds is 14. The van der Waals surface area contributed by atoms with Crippen LogP contribution in [-0.4, -0.2) is 61.2 Å². The van der Waals surface area contributed by atoms with Gasteiger partial charge in [-0.05, 0) is 51.1 Å². The van der Waals surface area contributed by atoms with Crippen molar-refractivity contribution in [1.29, 1.82) is 0 Å². The minimum absolute atomic E-state index is 0.200. The monoisotopic (exact) mass is 553 g/mol. The molecule has 0 fully saturated rings. The third-order valence-electron chi connectivity index (χ3n) is 5.29. The molecule has 13 nitrogen and oxygen atoms in total. The third kappa shape index (κ3) is 8.14. The summed E-state index contributed by atoms with van der Waals surface area (Å²) in [7, 11) is -2.92. The smallest absolute Gasteiger partial charge is 0.459 e. The van der Waals surface area contributed by atoms with E-state index < -0.39 is 43.3 Å². The molecule has 1 aromatic carbocycles. The molecule has 0 aliphatic carbocycles. The molecule has 14 heteroatoms. The van der Waals surface area contributed by atoms with Gasteiger partial charge in [0, 0.05) is 18.4 Å². The first-order valence-corrected chi connectivity index (χ1v) is 13.4. The van der Waals surface area contributed by atoms with E-state index in [9.17, 15) is 18.9 Å². The van der Waals surface area contributed by atoms with E-state index in [4.69, 9.17) is 28.0 Å². The van der Waals surface area contributed by atoms with E-state index in [0.717, 1.165) is 0 Å². The maximum Gasteiger partial charge on any atom is 0.459 e. The topological polar surface area (TPSA) is 156 Å². The van der Waals surface area contributed by atoms with Gasteiger partial charge in [0.25, 0.3) is 5.56 Å². The number of carbonyl (C=O) groups excluding carboxylic acids is 1. The zero-order chi connectivity index (χ0) is 27.7. The van der Waals surface area contributed by atoms with Crippen LogP contribution in [0.4, 0.5) is 0 Å². The quantitative estimate of drug-likeness (QED) is 0.153. The lowest BCUT2D eigenvalue weighted by Crippen LogP contribution is -2.35. The van der Waals surface area contributed by atoms with Crippen molar-refractivity contribution in [3.63, 3.8) is 0 Å². The van der Waals surface area contributed by atoms with Gasteiger partial charge in [-0.1, -0.05) is 6.08 Å². The number of aromatic nitrogens is 2. The summed E-state index contributed by atoms with van der Waals surface area (Å²) in [6.45, 7) is 6.08. The molecule has 38 heavy (non-hydrogen) atoms. The second-order valence-electron chi connectivity index (χ2n) is 8.20. The van der Waals surface area contributed by atoms with Crippen LogP contribution in [0.25, 0.3) is 0 Å². The highest BCUT2D eigenvalue weighted by Crippen LogP contribution is 2.45. The second-order valence-corrected chi connectivity index (χ2v) is 9.90. The Labute approximate surface area is 219 Å². The SMILES string of the molecule is CCOCCOc1ccc(OP(=O)(NC(C)C(=O)OC)OCC2C=CC(n3cc(C)c(=O)[nH]c3=O)O2)cc1. The van der Waals surface area contributed by atoms with Gasteiger partial charge in [-0.15, -0.1) is 0 Å². The van der Waals surface area contributed by atoms with E-state index in [-0.39, 0.29) is 12.4 Å². The Morgan fingerprint density at radius 1 is 1.18 bits per heavy atom. The van der Waals surface area contributed by atoms with Crippen LogP contribution in [0.2, 0.25) is 0 Å². The van der Waals surface area contributed by atoms with Gasteiger partial charge < -0.3 is 23.5 Å². The van der Waals surface area contributed by atoms with Gasteiger partial charge in [-0.3, -0.25) is 23.7 Å². The largest absolute Gasteiger partial charge is 0.491 e. The van der Waals surface area contributed by atoms with Gasteiger partial charge in [-0.25, -0.2) is 9.36 Å². The molecule has 1 aromatic heterocycles. The maximum atomic E-state index is 13.6. The van der Waals surface area contributed by atoms with Crippen molar-refractivity contribution in [2.24, 2.45) is 0 Å². The van der Waals surface area contributed by atoms with Gasteiger partial charge in [-0.2, -0.15) is 5.09 Å². The number of aryl methyl sites for hydroxylation is 1. The highest BCUT2D eigenvalue weighted by atomic mass is 31.2. The number of hydrogen-bond acceptors (Lipinski definition) is 10. The predicted molar refractivity (Wildman–Crippen MR) is 136 cm³/mol. The van der Waals surface area contributed by atoms with E-state index in [1.54, 1.807) is 43.3 Å². The first-order valence-electron chi connectivity index (χ1n) is 11.9. The van der Waals surface area contributed by atoms with Crippen LogP contribution in [0, 0.1) is 6.92 Å². The lowest BCUT2D eigenvalue weighted by molar-refractivity contribution is -0.142. The molecule has 0 radical (unpaired) electrons. The minimum Gasteiger partial charge on any atom is -0.491 e. The molecule has 1 aliphatic heterocycles. The normalized spacial score (nSPS) is 19.1. The van der Waals surface area contributed by atoms with E-state index in [1.165, 1.54) is 24.8 Å². The number of ether oxygens (including phenoxy) is 4. The fraction of sp³-hybridized carbons (Fsp3) is 0.458. The number of H-pyrrole nitrogens is 1. The molecule has 4 unspecified atom stereocenters. The third-order valence-corrected chi connectivity index (χ3v) is 6.93. The summed E-state index contributed by atoms with van der Waals surface area (Å²) in [5.74, 6) is 0.0957. The van der Waals surface area contributed by atoms with Crippen LogP contribution >= 0.6 is 7.75 Å². The summed E-state index contributed by atoms with van der Waals surface area (Å²) in [4.78, 5) is 38.0. The zero-order valence-corrected chi connectivity index (χ0v) is 22.5. The van der Waals surface area contributed by atoms with Crippen molar-refractivity contribution in [2.45, 2.75) is 39.1 Å². The fourth-order valence-corrected chi connectivity index (χ4v) is 4.85. The highest BCUT2D eigenvalue weighted by molar-refractivity contribution is 7.52. The van der Waals surface area contributed by atoms with E-state index in [1.807, 2.05) is 6.92 Å². The number of benzene rings is 1. The van der Waals surface area contributed by atoms with Crippen LogP contribution in [0.3, 0.4) is 0 Å². The Morgan fingerprint density at radius 2 is 1.89 bits per heavy atom. The van der Waals surface area contributed by atoms with Crippen LogP contribution in [-0.2, 0) is 28.1 Å². The van der Waals surface area contributed by atoms with Gasteiger partial charge in [0.1, 0.15) is 30.3 Å². The van der Waals surface area contributed by atoms with Gasteiger partial charge in [0.05, 0.1) is 20.3 Å². The van der Waals surface area contributed by atoms with E-state index in [0.29, 0.717) is 31.1 Å². The summed E-state index contributed by atoms with van der Waals surface area (Å²) in [5.41, 5.74) is -0.780. The molecule has 208 valence electrons. The van der Waals surface area contributed by atoms with Crippen molar-refractivity contribution in [1.82, 2.24) is 14.6 Å². The van der Waals surface area contributed by atoms with Crippen molar-refractivity contribution >= 4 is 13.7 Å². The molecule has 0 bridgehead atoms. The Kier molecular flexibility index (Phi) is 10.5. The molecule has 1 aliphatic rings. The fourth-order valence-electron chi connectivity index (χ4n) is 3.34. The number of hydrogen-bond donors (Lipinski definition) is 2. The Balaban J connectivity index is 1.66. The molecule has 3 rings (SSSR count). The molecule has 0 saturated carbocycles. The van der Waals surface area contributed by atoms with Crippen LogP contribution in [0.15, 0.2) is 52.2 Å². The molecule has 2 aromatic rings. The minimum atomic E-state index is -4.12. The molecule has 0 amide bonds. The molecule has 4 atom stereocenters. The van der Waals surface area contributed by atoms with Crippen molar-refractivity contribution < 1.29 is 37.4 Å². The molecular formula is C24H32N3O10P. The zero-order valence-electron chi connectivity index (χ0n) is 21.6. The van der Waals surface area contributed by atoms with Gasteiger partial charge in [0.15, 0.2) is 6.23 Å². The average molecular weight is 554 g/mol. The van der Waals surface area contributed by atoms with Crippen molar-refractivity contribution in [2.75, 3.05) is 33.5 Å². The molecular weight excluding hydrogens is 521 g/mol. The van der Waals surface area contributed by atoms with Gasteiger partial charge in [0.2, 0.25) is 0 Å². The van der Waals surface area contributed by atoms with Gasteiger partial charge >= 0.3 is 19.4 Å². The first kappa shape index (κ1) is 29.3. The summed E-state index contributed by atoms with van der Waals surface area (Å²) in [5, 5.41) is 2.56. The molecule has 2 heterocycles. The number of aromatic amines is 1. The number of nitrogens with zero attached hydrogens (tertiary/aromatic N) is 1. The molecule has 0 spiro atoms. The number of nitrogens with one attached hydrogen (secondary N) is 2. The average Bonchev–Trinajstić information content (AvgIpc) is 3.37. The van der Waals surface area contributed by atoms with Crippen LogP contribution in [0.5, 0.6) is 11.5 Å². The lowest BCUT2D eigenvalue weighted by atomic mass is 10.3. The van der Waals surface area contributed by atoms with E-state index in [2.05, 4.69) is 10.1 Å².